The number of aromatic nitrogens is 2. The molecule has 1 aromatic heterocycles. The van der Waals surface area contributed by atoms with Gasteiger partial charge < -0.3 is 5.73 Å². The van der Waals surface area contributed by atoms with E-state index in [-0.39, 0.29) is 11.6 Å². The van der Waals surface area contributed by atoms with Crippen molar-refractivity contribution >= 4 is 23.5 Å². The lowest BCUT2D eigenvalue weighted by Gasteiger charge is -2.01. The molecule has 158 valence electrons. The summed E-state index contributed by atoms with van der Waals surface area (Å²) in [6.07, 6.45) is 3.25. The number of nitro groups is 1. The van der Waals surface area contributed by atoms with E-state index in [9.17, 15) is 14.9 Å². The maximum Gasteiger partial charge on any atom is 0.271 e. The van der Waals surface area contributed by atoms with Gasteiger partial charge in [0, 0.05) is 40.7 Å². The predicted octanol–water partition coefficient (Wildman–Crippen LogP) is 3.79. The molecule has 0 aliphatic heterocycles. The van der Waals surface area contributed by atoms with Gasteiger partial charge in [-0.15, -0.1) is 0 Å². The second kappa shape index (κ2) is 8.92. The first-order chi connectivity index (χ1) is 15.5. The van der Waals surface area contributed by atoms with Crippen LogP contribution in [0.5, 0.6) is 0 Å². The lowest BCUT2D eigenvalue weighted by molar-refractivity contribution is -0.384. The van der Waals surface area contributed by atoms with Crippen LogP contribution in [-0.2, 0) is 0 Å². The van der Waals surface area contributed by atoms with E-state index < -0.39 is 4.92 Å². The van der Waals surface area contributed by atoms with Crippen molar-refractivity contribution in [3.05, 3.63) is 106 Å². The van der Waals surface area contributed by atoms with Crippen molar-refractivity contribution in [1.29, 1.82) is 0 Å². The molecule has 0 saturated heterocycles. The zero-order valence-electron chi connectivity index (χ0n) is 16.8. The van der Waals surface area contributed by atoms with Crippen LogP contribution in [0.3, 0.4) is 0 Å². The molecule has 4 rings (SSSR count). The molecule has 1 heterocycles. The summed E-state index contributed by atoms with van der Waals surface area (Å²) in [5, 5.41) is 19.6. The summed E-state index contributed by atoms with van der Waals surface area (Å²) in [6, 6.07) is 22.1. The highest BCUT2D eigenvalue weighted by atomic mass is 16.6. The van der Waals surface area contributed by atoms with Crippen LogP contribution in [-0.4, -0.2) is 26.8 Å². The first-order valence-corrected chi connectivity index (χ1v) is 9.60. The van der Waals surface area contributed by atoms with Gasteiger partial charge in [-0.3, -0.25) is 14.9 Å². The zero-order chi connectivity index (χ0) is 22.5. The first kappa shape index (κ1) is 20.5. The van der Waals surface area contributed by atoms with E-state index in [2.05, 4.69) is 15.6 Å². The van der Waals surface area contributed by atoms with Gasteiger partial charge in [-0.25, -0.2) is 10.1 Å². The monoisotopic (exact) mass is 426 g/mol. The first-order valence-electron chi connectivity index (χ1n) is 9.60. The average molecular weight is 426 g/mol. The summed E-state index contributed by atoms with van der Waals surface area (Å²) in [7, 11) is 0. The zero-order valence-corrected chi connectivity index (χ0v) is 16.8. The number of para-hydroxylation sites is 1. The number of nitrogen functional groups attached to an aromatic ring is 1. The van der Waals surface area contributed by atoms with Gasteiger partial charge in [0.25, 0.3) is 11.6 Å². The van der Waals surface area contributed by atoms with E-state index >= 15 is 0 Å². The van der Waals surface area contributed by atoms with Gasteiger partial charge in [-0.2, -0.15) is 10.2 Å². The maximum atomic E-state index is 12.3. The van der Waals surface area contributed by atoms with E-state index in [0.717, 1.165) is 5.69 Å². The van der Waals surface area contributed by atoms with Gasteiger partial charge in [0.15, 0.2) is 0 Å². The minimum absolute atomic E-state index is 0.0118. The minimum Gasteiger partial charge on any atom is -0.399 e. The molecule has 0 aliphatic carbocycles. The number of rotatable bonds is 6. The van der Waals surface area contributed by atoms with Gasteiger partial charge in [0.1, 0.15) is 5.69 Å². The fourth-order valence-corrected chi connectivity index (χ4v) is 3.02. The van der Waals surface area contributed by atoms with E-state index in [1.807, 2.05) is 30.3 Å². The number of non-ortho nitro benzene ring substituents is 1. The molecule has 0 bridgehead atoms. The second-order valence-corrected chi connectivity index (χ2v) is 6.84. The Bertz CT molecular complexity index is 1280. The number of hydrazone groups is 1. The Morgan fingerprint density at radius 1 is 1.03 bits per heavy atom. The van der Waals surface area contributed by atoms with Gasteiger partial charge >= 0.3 is 0 Å². The summed E-state index contributed by atoms with van der Waals surface area (Å²) >= 11 is 0. The molecule has 0 saturated carbocycles. The second-order valence-electron chi connectivity index (χ2n) is 6.84. The molecule has 1 amide bonds. The van der Waals surface area contributed by atoms with E-state index in [1.54, 1.807) is 47.3 Å². The highest BCUT2D eigenvalue weighted by molar-refractivity contribution is 5.96. The summed E-state index contributed by atoms with van der Waals surface area (Å²) in [5.41, 5.74) is 11.8. The number of nitrogens with zero attached hydrogens (tertiary/aromatic N) is 4. The van der Waals surface area contributed by atoms with Crippen molar-refractivity contribution in [1.82, 2.24) is 15.2 Å². The van der Waals surface area contributed by atoms with Crippen LogP contribution in [0, 0.1) is 10.1 Å². The summed E-state index contributed by atoms with van der Waals surface area (Å²) in [4.78, 5) is 22.8. The molecule has 0 unspecified atom stereocenters. The minimum atomic E-state index is -0.457. The molecular weight excluding hydrogens is 408 g/mol. The van der Waals surface area contributed by atoms with Gasteiger partial charge in [-0.05, 0) is 48.5 Å². The number of nitro benzene ring substituents is 1. The van der Waals surface area contributed by atoms with Crippen molar-refractivity contribution in [2.75, 3.05) is 5.73 Å². The highest BCUT2D eigenvalue weighted by Gasteiger charge is 2.13. The van der Waals surface area contributed by atoms with Gasteiger partial charge in [0.2, 0.25) is 0 Å². The molecule has 32 heavy (non-hydrogen) atoms. The number of anilines is 1. The van der Waals surface area contributed by atoms with Crippen molar-refractivity contribution < 1.29 is 9.72 Å². The molecule has 0 atom stereocenters. The van der Waals surface area contributed by atoms with Crippen molar-refractivity contribution in [2.24, 2.45) is 5.10 Å². The molecule has 0 fully saturated rings. The number of carbonyl (C=O) groups is 1. The third-order valence-corrected chi connectivity index (χ3v) is 4.66. The Hall–Kier alpha value is -4.79. The third kappa shape index (κ3) is 4.51. The lowest BCUT2D eigenvalue weighted by atomic mass is 10.1. The van der Waals surface area contributed by atoms with Crippen molar-refractivity contribution in [3.63, 3.8) is 0 Å². The topological polar surface area (TPSA) is 128 Å². The molecule has 0 radical (unpaired) electrons. The van der Waals surface area contributed by atoms with Crippen LogP contribution in [0.25, 0.3) is 16.9 Å². The maximum absolute atomic E-state index is 12.3. The Kier molecular flexibility index (Phi) is 5.71. The summed E-state index contributed by atoms with van der Waals surface area (Å²) in [6.45, 7) is 0. The van der Waals surface area contributed by atoms with Crippen molar-refractivity contribution in [2.45, 2.75) is 0 Å². The lowest BCUT2D eigenvalue weighted by Crippen LogP contribution is -2.17. The fourth-order valence-electron chi connectivity index (χ4n) is 3.02. The number of nitrogens with one attached hydrogen (secondary N) is 1. The number of hydrogen-bond donors (Lipinski definition) is 2. The highest BCUT2D eigenvalue weighted by Crippen LogP contribution is 2.25. The molecule has 3 aromatic carbocycles. The standard InChI is InChI=1S/C23H18N6O3/c24-19-10-6-17(7-11-19)23(30)26-25-14-18-15-28(20-4-2-1-3-5-20)27-22(18)16-8-12-21(13-9-16)29(31)32/h1-15H,24H2,(H,26,30)/b25-14+. The normalized spacial score (nSPS) is 10.9. The van der Waals surface area contributed by atoms with Crippen LogP contribution in [0.2, 0.25) is 0 Å². The van der Waals surface area contributed by atoms with Crippen LogP contribution < -0.4 is 11.2 Å². The van der Waals surface area contributed by atoms with Crippen molar-refractivity contribution in [3.8, 4) is 16.9 Å². The van der Waals surface area contributed by atoms with E-state index in [1.165, 1.54) is 18.3 Å². The number of benzene rings is 3. The predicted molar refractivity (Wildman–Crippen MR) is 122 cm³/mol. The molecule has 9 heteroatoms. The van der Waals surface area contributed by atoms with Crippen LogP contribution in [0.4, 0.5) is 11.4 Å². The van der Waals surface area contributed by atoms with Gasteiger partial charge in [-0.1, -0.05) is 18.2 Å². The molecule has 0 aliphatic rings. The van der Waals surface area contributed by atoms with Gasteiger partial charge in [0.05, 0.1) is 16.8 Å². The molecule has 9 nitrogen and oxygen atoms in total. The van der Waals surface area contributed by atoms with E-state index in [4.69, 9.17) is 5.73 Å². The van der Waals surface area contributed by atoms with Crippen LogP contribution >= 0.6 is 0 Å². The van der Waals surface area contributed by atoms with Crippen LogP contribution in [0.15, 0.2) is 90.2 Å². The smallest absolute Gasteiger partial charge is 0.271 e. The molecule has 3 N–H and O–H groups in total. The number of amides is 1. The molecule has 4 aromatic rings. The number of hydrogen-bond acceptors (Lipinski definition) is 6. The Morgan fingerprint density at radius 3 is 2.38 bits per heavy atom. The average Bonchev–Trinajstić information content (AvgIpc) is 3.24. The van der Waals surface area contributed by atoms with E-state index in [0.29, 0.717) is 28.1 Å². The number of nitrogens with two attached hydrogens (primary N) is 1. The Labute approximate surface area is 183 Å². The number of carbonyl (C=O) groups excluding carboxylic acids is 1. The summed E-state index contributed by atoms with van der Waals surface area (Å²) < 4.78 is 1.68. The Balaban J connectivity index is 1.64. The summed E-state index contributed by atoms with van der Waals surface area (Å²) in [5.74, 6) is -0.381. The van der Waals surface area contributed by atoms with Crippen LogP contribution in [0.1, 0.15) is 15.9 Å². The largest absolute Gasteiger partial charge is 0.399 e. The fraction of sp³-hybridized carbons (Fsp3) is 0. The SMILES string of the molecule is Nc1ccc(C(=O)N/N=C/c2cn(-c3ccccc3)nc2-c2ccc([N+](=O)[O-])cc2)cc1. The third-order valence-electron chi connectivity index (χ3n) is 4.66. The molecule has 0 spiro atoms. The molecular formula is C23H18N6O3. The quantitative estimate of drug-likeness (QED) is 0.210. The Morgan fingerprint density at radius 2 is 1.72 bits per heavy atom.